The van der Waals surface area contributed by atoms with E-state index in [0.29, 0.717) is 17.8 Å². The van der Waals surface area contributed by atoms with Gasteiger partial charge in [0.15, 0.2) is 6.29 Å². The summed E-state index contributed by atoms with van der Waals surface area (Å²) in [6.07, 6.45) is 17.7. The molecule has 7 nitrogen and oxygen atoms in total. The molecule has 0 amide bonds. The summed E-state index contributed by atoms with van der Waals surface area (Å²) in [5.74, 6) is 5.24. The van der Waals surface area contributed by atoms with Gasteiger partial charge in [-0.3, -0.25) is 4.79 Å². The lowest BCUT2D eigenvalue weighted by Crippen LogP contribution is -2.60. The first-order valence-electron chi connectivity index (χ1n) is 22.0. The smallest absolute Gasteiger partial charge is 0.305 e. The Bertz CT molecular complexity index is 1150. The van der Waals surface area contributed by atoms with E-state index in [9.17, 15) is 20.1 Å². The number of rotatable bonds is 18. The first kappa shape index (κ1) is 42.2. The van der Waals surface area contributed by atoms with Gasteiger partial charge in [-0.05, 0) is 116 Å². The Labute approximate surface area is 317 Å². The molecular formula is C45H78O7. The highest BCUT2D eigenvalue weighted by molar-refractivity contribution is 5.69. The SMILES string of the molecule is CCCCCCCCCC(=O)OCC1OC(OC2CCC3(C)C(=CCC4C3CCC3(C)C(C(C)CCC(CC)C(C)C)CCC43)C2)C(O)C(O)C1O. The van der Waals surface area contributed by atoms with E-state index in [1.807, 2.05) is 0 Å². The van der Waals surface area contributed by atoms with Gasteiger partial charge in [-0.15, -0.1) is 0 Å². The van der Waals surface area contributed by atoms with Crippen molar-refractivity contribution in [2.45, 2.75) is 207 Å². The van der Waals surface area contributed by atoms with E-state index in [0.717, 1.165) is 80.5 Å². The maximum Gasteiger partial charge on any atom is 0.305 e. The molecule has 0 radical (unpaired) electrons. The number of hydrogen-bond acceptors (Lipinski definition) is 7. The number of carbonyl (C=O) groups is 1. The van der Waals surface area contributed by atoms with E-state index in [4.69, 9.17) is 14.2 Å². The molecule has 4 fully saturated rings. The molecule has 0 spiro atoms. The van der Waals surface area contributed by atoms with Gasteiger partial charge in [0.05, 0.1) is 6.10 Å². The number of aliphatic hydroxyl groups is 3. The van der Waals surface area contributed by atoms with Gasteiger partial charge >= 0.3 is 5.97 Å². The highest BCUT2D eigenvalue weighted by atomic mass is 16.7. The van der Waals surface area contributed by atoms with Crippen LogP contribution in [-0.4, -0.2) is 64.7 Å². The summed E-state index contributed by atoms with van der Waals surface area (Å²) in [6, 6.07) is 0. The molecule has 1 aliphatic heterocycles. The number of hydrogen-bond donors (Lipinski definition) is 3. The minimum absolute atomic E-state index is 0.137. The largest absolute Gasteiger partial charge is 0.463 e. The van der Waals surface area contributed by atoms with E-state index < -0.39 is 30.7 Å². The van der Waals surface area contributed by atoms with Gasteiger partial charge in [-0.1, -0.05) is 111 Å². The van der Waals surface area contributed by atoms with Crippen LogP contribution >= 0.6 is 0 Å². The summed E-state index contributed by atoms with van der Waals surface area (Å²) >= 11 is 0. The Balaban J connectivity index is 1.13. The zero-order chi connectivity index (χ0) is 37.6. The third kappa shape index (κ3) is 9.33. The number of ether oxygens (including phenoxy) is 3. The molecule has 7 heteroatoms. The van der Waals surface area contributed by atoms with Crippen LogP contribution in [0.1, 0.15) is 170 Å². The molecular weight excluding hydrogens is 652 g/mol. The Kier molecular flexibility index (Phi) is 15.2. The summed E-state index contributed by atoms with van der Waals surface area (Å²) in [5, 5.41) is 32.3. The lowest BCUT2D eigenvalue weighted by Gasteiger charge is -2.58. The van der Waals surface area contributed by atoms with Crippen LogP contribution in [0.3, 0.4) is 0 Å². The van der Waals surface area contributed by atoms with Crippen molar-refractivity contribution >= 4 is 5.97 Å². The van der Waals surface area contributed by atoms with Crippen molar-refractivity contribution in [3.63, 3.8) is 0 Å². The lowest BCUT2D eigenvalue weighted by molar-refractivity contribution is -0.313. The highest BCUT2D eigenvalue weighted by Crippen LogP contribution is 2.67. The standard InChI is InChI=1S/C45H78O7/c1-8-10-11-12-13-14-15-16-39(46)50-28-38-40(47)41(48)42(49)43(52-38)51-33-23-25-44(6)32(27-33)19-20-34-36-22-21-35(45(36,7)26-24-37(34)44)30(5)17-18-31(9-2)29(3)4/h19,29-31,33-38,40-43,47-49H,8-18,20-28H2,1-7H3. The maximum absolute atomic E-state index is 12.4. The van der Waals surface area contributed by atoms with Crippen molar-refractivity contribution in [1.82, 2.24) is 0 Å². The minimum Gasteiger partial charge on any atom is -0.463 e. The van der Waals surface area contributed by atoms with E-state index in [1.54, 1.807) is 0 Å². The van der Waals surface area contributed by atoms with Crippen LogP contribution in [0.5, 0.6) is 0 Å². The van der Waals surface area contributed by atoms with Crippen molar-refractivity contribution in [2.75, 3.05) is 6.61 Å². The van der Waals surface area contributed by atoms with E-state index in [1.165, 1.54) is 76.2 Å². The molecule has 0 aromatic heterocycles. The van der Waals surface area contributed by atoms with Crippen molar-refractivity contribution in [3.8, 4) is 0 Å². The summed E-state index contributed by atoms with van der Waals surface area (Å²) in [7, 11) is 0. The maximum atomic E-state index is 12.4. The molecule has 1 heterocycles. The molecule has 1 saturated heterocycles. The molecule has 14 unspecified atom stereocenters. The van der Waals surface area contributed by atoms with Crippen LogP contribution < -0.4 is 0 Å². The zero-order valence-corrected chi connectivity index (χ0v) is 34.2. The molecule has 3 saturated carbocycles. The monoisotopic (exact) mass is 731 g/mol. The molecule has 0 bridgehead atoms. The fourth-order valence-electron chi connectivity index (χ4n) is 12.2. The normalized spacial score (nSPS) is 40.0. The molecule has 5 rings (SSSR count). The predicted molar refractivity (Wildman–Crippen MR) is 207 cm³/mol. The van der Waals surface area contributed by atoms with Crippen molar-refractivity contribution in [3.05, 3.63) is 11.6 Å². The van der Waals surface area contributed by atoms with Crippen LogP contribution in [0.4, 0.5) is 0 Å². The Morgan fingerprint density at radius 3 is 2.33 bits per heavy atom. The molecule has 14 atom stereocenters. The van der Waals surface area contributed by atoms with Gasteiger partial charge in [-0.2, -0.15) is 0 Å². The number of aliphatic hydroxyl groups excluding tert-OH is 3. The van der Waals surface area contributed by atoms with Gasteiger partial charge in [0, 0.05) is 6.42 Å². The molecule has 0 aromatic carbocycles. The minimum atomic E-state index is -1.44. The third-order valence-corrected chi connectivity index (χ3v) is 15.7. The van der Waals surface area contributed by atoms with E-state index >= 15 is 0 Å². The topological polar surface area (TPSA) is 105 Å². The molecule has 52 heavy (non-hydrogen) atoms. The third-order valence-electron chi connectivity index (χ3n) is 15.7. The fraction of sp³-hybridized carbons (Fsp3) is 0.933. The number of esters is 1. The summed E-state index contributed by atoms with van der Waals surface area (Å²) in [6.45, 7) is 16.9. The lowest BCUT2D eigenvalue weighted by atomic mass is 9.47. The van der Waals surface area contributed by atoms with E-state index in [-0.39, 0.29) is 24.1 Å². The van der Waals surface area contributed by atoms with Crippen LogP contribution in [0, 0.1) is 52.3 Å². The molecule has 0 aromatic rings. The second-order valence-corrected chi connectivity index (χ2v) is 19.0. The highest BCUT2D eigenvalue weighted by Gasteiger charge is 2.59. The number of carbonyl (C=O) groups excluding carboxylic acids is 1. The van der Waals surface area contributed by atoms with Gasteiger partial charge in [-0.25, -0.2) is 0 Å². The first-order valence-corrected chi connectivity index (χ1v) is 22.0. The van der Waals surface area contributed by atoms with Gasteiger partial charge in [0.2, 0.25) is 0 Å². The van der Waals surface area contributed by atoms with Gasteiger partial charge in [0.1, 0.15) is 31.0 Å². The summed E-state index contributed by atoms with van der Waals surface area (Å²) in [4.78, 5) is 12.4. The number of fused-ring (bicyclic) bond motifs is 5. The van der Waals surface area contributed by atoms with Crippen LogP contribution in [0.2, 0.25) is 0 Å². The van der Waals surface area contributed by atoms with Crippen molar-refractivity contribution < 1.29 is 34.3 Å². The predicted octanol–water partition coefficient (Wildman–Crippen LogP) is 9.54. The van der Waals surface area contributed by atoms with Gasteiger partial charge < -0.3 is 29.5 Å². The van der Waals surface area contributed by atoms with E-state index in [2.05, 4.69) is 54.5 Å². The average Bonchev–Trinajstić information content (AvgIpc) is 3.48. The van der Waals surface area contributed by atoms with Crippen molar-refractivity contribution in [2.24, 2.45) is 52.3 Å². The fourth-order valence-corrected chi connectivity index (χ4v) is 12.2. The molecule has 3 N–H and O–H groups in total. The zero-order valence-electron chi connectivity index (χ0n) is 34.2. The Morgan fingerprint density at radius 2 is 1.62 bits per heavy atom. The summed E-state index contributed by atoms with van der Waals surface area (Å²) in [5.41, 5.74) is 2.13. The van der Waals surface area contributed by atoms with Crippen LogP contribution in [0.25, 0.3) is 0 Å². The van der Waals surface area contributed by atoms with Gasteiger partial charge in [0.25, 0.3) is 0 Å². The summed E-state index contributed by atoms with van der Waals surface area (Å²) < 4.78 is 17.9. The number of unbranched alkanes of at least 4 members (excludes halogenated alkanes) is 6. The first-order chi connectivity index (χ1) is 24.8. The average molecular weight is 731 g/mol. The number of allylic oxidation sites excluding steroid dienone is 1. The second kappa shape index (κ2) is 18.8. The van der Waals surface area contributed by atoms with Crippen LogP contribution in [0.15, 0.2) is 11.6 Å². The molecule has 4 aliphatic carbocycles. The Morgan fingerprint density at radius 1 is 0.885 bits per heavy atom. The molecule has 300 valence electrons. The van der Waals surface area contributed by atoms with Crippen LogP contribution in [-0.2, 0) is 19.0 Å². The molecule has 5 aliphatic rings. The Hall–Kier alpha value is -0.990. The van der Waals surface area contributed by atoms with Crippen molar-refractivity contribution in [1.29, 1.82) is 0 Å². The second-order valence-electron chi connectivity index (χ2n) is 19.0. The quantitative estimate of drug-likeness (QED) is 0.0733.